The lowest BCUT2D eigenvalue weighted by Crippen LogP contribution is -2.46. The standard InChI is InChI=1S/C17H26N2O2/c1-14-6-4-7-16(15(14)2)19-12-10-18(11-13-19)9-5-8-17(20)21-3/h4,6-7H,5,8-13H2,1-3H3. The topological polar surface area (TPSA) is 32.8 Å². The number of piperazine rings is 1. The van der Waals surface area contributed by atoms with Gasteiger partial charge in [-0.25, -0.2) is 0 Å². The number of rotatable bonds is 5. The van der Waals surface area contributed by atoms with E-state index in [0.29, 0.717) is 6.42 Å². The summed E-state index contributed by atoms with van der Waals surface area (Å²) in [6.07, 6.45) is 1.41. The second-order valence-corrected chi connectivity index (χ2v) is 5.73. The summed E-state index contributed by atoms with van der Waals surface area (Å²) in [5.41, 5.74) is 4.11. The number of esters is 1. The third-order valence-corrected chi connectivity index (χ3v) is 4.37. The van der Waals surface area contributed by atoms with Gasteiger partial charge in [-0.2, -0.15) is 0 Å². The fourth-order valence-electron chi connectivity index (χ4n) is 2.84. The van der Waals surface area contributed by atoms with Crippen molar-refractivity contribution in [3.63, 3.8) is 0 Å². The van der Waals surface area contributed by atoms with Crippen molar-refractivity contribution in [2.75, 3.05) is 44.7 Å². The number of anilines is 1. The molecular weight excluding hydrogens is 264 g/mol. The normalized spacial score (nSPS) is 16.0. The molecule has 0 bridgehead atoms. The number of methoxy groups -OCH3 is 1. The molecule has 1 fully saturated rings. The van der Waals surface area contributed by atoms with Crippen molar-refractivity contribution in [2.45, 2.75) is 26.7 Å². The van der Waals surface area contributed by atoms with E-state index < -0.39 is 0 Å². The van der Waals surface area contributed by atoms with Crippen LogP contribution in [0, 0.1) is 13.8 Å². The van der Waals surface area contributed by atoms with Crippen LogP contribution in [0.1, 0.15) is 24.0 Å². The molecule has 0 spiro atoms. The smallest absolute Gasteiger partial charge is 0.305 e. The Balaban J connectivity index is 1.80. The van der Waals surface area contributed by atoms with E-state index in [1.54, 1.807) is 0 Å². The van der Waals surface area contributed by atoms with Crippen LogP contribution >= 0.6 is 0 Å². The Labute approximate surface area is 127 Å². The summed E-state index contributed by atoms with van der Waals surface area (Å²) in [5, 5.41) is 0. The second kappa shape index (κ2) is 7.46. The lowest BCUT2D eigenvalue weighted by molar-refractivity contribution is -0.140. The first kappa shape index (κ1) is 15.8. The largest absolute Gasteiger partial charge is 0.469 e. The molecule has 0 amide bonds. The van der Waals surface area contributed by atoms with E-state index >= 15 is 0 Å². The van der Waals surface area contributed by atoms with Gasteiger partial charge in [0, 0.05) is 38.3 Å². The average Bonchev–Trinajstić information content (AvgIpc) is 2.51. The van der Waals surface area contributed by atoms with Crippen molar-refractivity contribution in [3.8, 4) is 0 Å². The summed E-state index contributed by atoms with van der Waals surface area (Å²) in [7, 11) is 1.45. The van der Waals surface area contributed by atoms with E-state index in [1.807, 2.05) is 0 Å². The van der Waals surface area contributed by atoms with Crippen LogP contribution in [0.5, 0.6) is 0 Å². The highest BCUT2D eigenvalue weighted by atomic mass is 16.5. The summed E-state index contributed by atoms with van der Waals surface area (Å²) in [6.45, 7) is 9.60. The lowest BCUT2D eigenvalue weighted by Gasteiger charge is -2.37. The summed E-state index contributed by atoms with van der Waals surface area (Å²) in [6, 6.07) is 6.53. The molecule has 21 heavy (non-hydrogen) atoms. The van der Waals surface area contributed by atoms with E-state index in [2.05, 4.69) is 46.6 Å². The van der Waals surface area contributed by atoms with Crippen LogP contribution < -0.4 is 4.90 Å². The third kappa shape index (κ3) is 4.21. The van der Waals surface area contributed by atoms with Crippen LogP contribution in [-0.4, -0.2) is 50.7 Å². The van der Waals surface area contributed by atoms with E-state index in [0.717, 1.165) is 39.1 Å². The minimum absolute atomic E-state index is 0.107. The highest BCUT2D eigenvalue weighted by molar-refractivity contribution is 5.69. The number of carbonyl (C=O) groups excluding carboxylic acids is 1. The number of ether oxygens (including phenoxy) is 1. The summed E-state index contributed by atoms with van der Waals surface area (Å²) >= 11 is 0. The predicted octanol–water partition coefficient (Wildman–Crippen LogP) is 2.38. The van der Waals surface area contributed by atoms with Crippen molar-refractivity contribution in [3.05, 3.63) is 29.3 Å². The van der Waals surface area contributed by atoms with Gasteiger partial charge in [0.15, 0.2) is 0 Å². The Morgan fingerprint density at radius 3 is 2.57 bits per heavy atom. The highest BCUT2D eigenvalue weighted by Crippen LogP contribution is 2.23. The maximum Gasteiger partial charge on any atom is 0.305 e. The molecule has 1 saturated heterocycles. The first-order valence-corrected chi connectivity index (χ1v) is 7.72. The number of benzene rings is 1. The molecule has 4 heteroatoms. The molecule has 1 aromatic rings. The molecule has 0 unspecified atom stereocenters. The average molecular weight is 290 g/mol. The van der Waals surface area contributed by atoms with Gasteiger partial charge in [-0.05, 0) is 44.0 Å². The van der Waals surface area contributed by atoms with Gasteiger partial charge in [-0.1, -0.05) is 12.1 Å². The molecule has 0 N–H and O–H groups in total. The molecule has 4 nitrogen and oxygen atoms in total. The monoisotopic (exact) mass is 290 g/mol. The second-order valence-electron chi connectivity index (χ2n) is 5.73. The van der Waals surface area contributed by atoms with E-state index in [-0.39, 0.29) is 5.97 Å². The molecule has 1 aliphatic rings. The maximum atomic E-state index is 11.1. The number of aryl methyl sites for hydroxylation is 1. The van der Waals surface area contributed by atoms with Gasteiger partial charge in [0.05, 0.1) is 7.11 Å². The number of hydrogen-bond donors (Lipinski definition) is 0. The Bertz CT molecular complexity index is 480. The molecule has 0 aliphatic carbocycles. The Morgan fingerprint density at radius 2 is 1.90 bits per heavy atom. The predicted molar refractivity (Wildman–Crippen MR) is 85.8 cm³/mol. The van der Waals surface area contributed by atoms with Gasteiger partial charge >= 0.3 is 5.97 Å². The molecule has 2 rings (SSSR count). The van der Waals surface area contributed by atoms with Crippen LogP contribution in [0.15, 0.2) is 18.2 Å². The van der Waals surface area contributed by atoms with Crippen LogP contribution in [0.2, 0.25) is 0 Å². The number of nitrogens with zero attached hydrogens (tertiary/aromatic N) is 2. The zero-order valence-electron chi connectivity index (χ0n) is 13.4. The van der Waals surface area contributed by atoms with Gasteiger partial charge < -0.3 is 9.64 Å². The van der Waals surface area contributed by atoms with Gasteiger partial charge in [0.2, 0.25) is 0 Å². The summed E-state index contributed by atoms with van der Waals surface area (Å²) in [5.74, 6) is -0.107. The lowest BCUT2D eigenvalue weighted by atomic mass is 10.1. The first-order chi connectivity index (χ1) is 10.1. The maximum absolute atomic E-state index is 11.1. The molecule has 1 aliphatic heterocycles. The van der Waals surface area contributed by atoms with Crippen molar-refractivity contribution in [1.82, 2.24) is 4.90 Å². The molecule has 1 heterocycles. The Hall–Kier alpha value is -1.55. The minimum atomic E-state index is -0.107. The molecule has 0 aromatic heterocycles. The molecule has 116 valence electrons. The fourth-order valence-corrected chi connectivity index (χ4v) is 2.84. The third-order valence-electron chi connectivity index (χ3n) is 4.37. The van der Waals surface area contributed by atoms with Gasteiger partial charge in [-0.15, -0.1) is 0 Å². The molecule has 0 radical (unpaired) electrons. The Kier molecular flexibility index (Phi) is 5.62. The zero-order chi connectivity index (χ0) is 15.2. The van der Waals surface area contributed by atoms with E-state index in [9.17, 15) is 4.79 Å². The summed E-state index contributed by atoms with van der Waals surface area (Å²) < 4.78 is 4.67. The fraction of sp³-hybridized carbons (Fsp3) is 0.588. The van der Waals surface area contributed by atoms with E-state index in [4.69, 9.17) is 0 Å². The van der Waals surface area contributed by atoms with Crippen molar-refractivity contribution in [2.24, 2.45) is 0 Å². The summed E-state index contributed by atoms with van der Waals surface area (Å²) in [4.78, 5) is 16.0. The molecule has 1 aromatic carbocycles. The Morgan fingerprint density at radius 1 is 1.19 bits per heavy atom. The molecular formula is C17H26N2O2. The molecule has 0 saturated carbocycles. The van der Waals surface area contributed by atoms with Gasteiger partial charge in [-0.3, -0.25) is 9.69 Å². The van der Waals surface area contributed by atoms with Crippen LogP contribution in [0.4, 0.5) is 5.69 Å². The zero-order valence-corrected chi connectivity index (χ0v) is 13.4. The number of carbonyl (C=O) groups is 1. The van der Waals surface area contributed by atoms with Crippen LogP contribution in [-0.2, 0) is 9.53 Å². The minimum Gasteiger partial charge on any atom is -0.469 e. The van der Waals surface area contributed by atoms with Crippen LogP contribution in [0.25, 0.3) is 0 Å². The molecule has 0 atom stereocenters. The van der Waals surface area contributed by atoms with Crippen molar-refractivity contribution >= 4 is 11.7 Å². The van der Waals surface area contributed by atoms with E-state index in [1.165, 1.54) is 23.9 Å². The van der Waals surface area contributed by atoms with Crippen molar-refractivity contribution in [1.29, 1.82) is 0 Å². The number of hydrogen-bond acceptors (Lipinski definition) is 4. The quantitative estimate of drug-likeness (QED) is 0.780. The van der Waals surface area contributed by atoms with Crippen molar-refractivity contribution < 1.29 is 9.53 Å². The van der Waals surface area contributed by atoms with Gasteiger partial charge in [0.1, 0.15) is 0 Å². The van der Waals surface area contributed by atoms with Gasteiger partial charge in [0.25, 0.3) is 0 Å². The highest BCUT2D eigenvalue weighted by Gasteiger charge is 2.18. The van der Waals surface area contributed by atoms with Crippen LogP contribution in [0.3, 0.4) is 0 Å². The first-order valence-electron chi connectivity index (χ1n) is 7.72. The SMILES string of the molecule is COC(=O)CCCN1CCN(c2cccc(C)c2C)CC1.